The molecule has 0 amide bonds. The number of nitrogens with one attached hydrogen (secondary N) is 2. The van der Waals surface area contributed by atoms with Gasteiger partial charge in [-0.25, -0.2) is 0 Å². The smallest absolute Gasteiger partial charge is 0.191 e. The molecule has 0 aromatic heterocycles. The van der Waals surface area contributed by atoms with Crippen LogP contribution in [0.5, 0.6) is 0 Å². The zero-order valence-electron chi connectivity index (χ0n) is 16.3. The molecule has 0 aliphatic heterocycles. The first-order valence-corrected chi connectivity index (χ1v) is 9.43. The summed E-state index contributed by atoms with van der Waals surface area (Å²) in [5, 5.41) is 6.60. The second kappa shape index (κ2) is 13.7. The SMILES string of the molecule is CCNC(=NCCCOC(C)c1ccccc1)NCCCOC(C)C. The molecule has 5 heteroatoms. The highest BCUT2D eigenvalue weighted by atomic mass is 16.5. The van der Waals surface area contributed by atoms with Gasteiger partial charge in [0.25, 0.3) is 0 Å². The Kier molecular flexibility index (Phi) is 11.7. The fourth-order valence-electron chi connectivity index (χ4n) is 2.28. The maximum Gasteiger partial charge on any atom is 0.191 e. The van der Waals surface area contributed by atoms with Gasteiger partial charge < -0.3 is 20.1 Å². The normalized spacial score (nSPS) is 13.1. The van der Waals surface area contributed by atoms with Gasteiger partial charge in [0.05, 0.1) is 12.2 Å². The molecule has 5 nitrogen and oxygen atoms in total. The number of guanidine groups is 1. The molecule has 0 spiro atoms. The van der Waals surface area contributed by atoms with E-state index in [1.54, 1.807) is 0 Å². The van der Waals surface area contributed by atoms with E-state index in [2.05, 4.69) is 55.5 Å². The van der Waals surface area contributed by atoms with Crippen molar-refractivity contribution in [3.63, 3.8) is 0 Å². The van der Waals surface area contributed by atoms with E-state index in [0.29, 0.717) is 12.7 Å². The summed E-state index contributed by atoms with van der Waals surface area (Å²) in [6.07, 6.45) is 2.29. The predicted octanol–water partition coefficient (Wildman–Crippen LogP) is 3.52. The fourth-order valence-corrected chi connectivity index (χ4v) is 2.28. The van der Waals surface area contributed by atoms with Crippen molar-refractivity contribution in [2.24, 2.45) is 4.99 Å². The first kappa shape index (κ1) is 21.5. The van der Waals surface area contributed by atoms with Crippen LogP contribution in [-0.4, -0.2) is 44.9 Å². The Hall–Kier alpha value is -1.59. The van der Waals surface area contributed by atoms with Crippen LogP contribution in [0.2, 0.25) is 0 Å². The number of aliphatic imine (C=N–C) groups is 1. The highest BCUT2D eigenvalue weighted by Gasteiger charge is 2.04. The van der Waals surface area contributed by atoms with Gasteiger partial charge >= 0.3 is 0 Å². The average molecular weight is 350 g/mol. The molecule has 1 atom stereocenters. The molecule has 0 bridgehead atoms. The third-order valence-electron chi connectivity index (χ3n) is 3.62. The molecule has 2 N–H and O–H groups in total. The minimum Gasteiger partial charge on any atom is -0.379 e. The Labute approximate surface area is 153 Å². The predicted molar refractivity (Wildman–Crippen MR) is 105 cm³/mol. The van der Waals surface area contributed by atoms with Crippen molar-refractivity contribution in [1.29, 1.82) is 0 Å². The van der Waals surface area contributed by atoms with Crippen molar-refractivity contribution in [2.75, 3.05) is 32.8 Å². The summed E-state index contributed by atoms with van der Waals surface area (Å²) in [5.74, 6) is 0.864. The number of nitrogens with zero attached hydrogens (tertiary/aromatic N) is 1. The van der Waals surface area contributed by atoms with Gasteiger partial charge in [-0.1, -0.05) is 30.3 Å². The number of rotatable bonds is 12. The lowest BCUT2D eigenvalue weighted by molar-refractivity contribution is 0.0652. The summed E-state index contributed by atoms with van der Waals surface area (Å²) >= 11 is 0. The van der Waals surface area contributed by atoms with Crippen molar-refractivity contribution in [3.8, 4) is 0 Å². The second-order valence-electron chi connectivity index (χ2n) is 6.24. The van der Waals surface area contributed by atoms with Crippen LogP contribution in [0, 0.1) is 0 Å². The second-order valence-corrected chi connectivity index (χ2v) is 6.24. The maximum atomic E-state index is 5.88. The zero-order valence-corrected chi connectivity index (χ0v) is 16.3. The molecular weight excluding hydrogens is 314 g/mol. The molecule has 1 aromatic rings. The number of benzene rings is 1. The standard InChI is InChI=1S/C20H35N3O2/c1-5-21-20(22-13-9-15-24-17(2)3)23-14-10-16-25-18(4)19-11-7-6-8-12-19/h6-8,11-12,17-18H,5,9-10,13-16H2,1-4H3,(H2,21,22,23). The molecule has 0 heterocycles. The third kappa shape index (κ3) is 10.8. The van der Waals surface area contributed by atoms with E-state index in [0.717, 1.165) is 45.0 Å². The lowest BCUT2D eigenvalue weighted by Crippen LogP contribution is -2.38. The molecule has 1 aromatic carbocycles. The molecular formula is C20H35N3O2. The number of hydrogen-bond donors (Lipinski definition) is 2. The Morgan fingerprint density at radius 3 is 2.40 bits per heavy atom. The van der Waals surface area contributed by atoms with Crippen LogP contribution in [-0.2, 0) is 9.47 Å². The van der Waals surface area contributed by atoms with Crippen LogP contribution in [0.4, 0.5) is 0 Å². The summed E-state index contributed by atoms with van der Waals surface area (Å²) in [7, 11) is 0. The highest BCUT2D eigenvalue weighted by molar-refractivity contribution is 5.79. The largest absolute Gasteiger partial charge is 0.379 e. The van der Waals surface area contributed by atoms with E-state index in [1.165, 1.54) is 5.56 Å². The molecule has 1 rings (SSSR count). The van der Waals surface area contributed by atoms with Gasteiger partial charge in [0, 0.05) is 32.8 Å². The van der Waals surface area contributed by atoms with Crippen molar-refractivity contribution < 1.29 is 9.47 Å². The summed E-state index contributed by atoms with van der Waals surface area (Å²) in [5.41, 5.74) is 1.21. The van der Waals surface area contributed by atoms with Crippen LogP contribution < -0.4 is 10.6 Å². The molecule has 142 valence electrons. The fraction of sp³-hybridized carbons (Fsp3) is 0.650. The van der Waals surface area contributed by atoms with Crippen molar-refractivity contribution >= 4 is 5.96 Å². The summed E-state index contributed by atoms with van der Waals surface area (Å²) in [6, 6.07) is 10.3. The van der Waals surface area contributed by atoms with Crippen molar-refractivity contribution in [3.05, 3.63) is 35.9 Å². The van der Waals surface area contributed by atoms with E-state index in [9.17, 15) is 0 Å². The van der Waals surface area contributed by atoms with Crippen LogP contribution in [0.1, 0.15) is 52.2 Å². The average Bonchev–Trinajstić information content (AvgIpc) is 2.61. The number of ether oxygens (including phenoxy) is 2. The molecule has 0 aliphatic rings. The van der Waals surface area contributed by atoms with Gasteiger partial charge in [-0.05, 0) is 46.1 Å². The lowest BCUT2D eigenvalue weighted by Gasteiger charge is -2.14. The van der Waals surface area contributed by atoms with E-state index in [4.69, 9.17) is 9.47 Å². The van der Waals surface area contributed by atoms with Crippen molar-refractivity contribution in [1.82, 2.24) is 10.6 Å². The molecule has 25 heavy (non-hydrogen) atoms. The van der Waals surface area contributed by atoms with Gasteiger partial charge in [-0.2, -0.15) is 0 Å². The van der Waals surface area contributed by atoms with Crippen molar-refractivity contribution in [2.45, 2.75) is 52.7 Å². The van der Waals surface area contributed by atoms with Crippen LogP contribution in [0.25, 0.3) is 0 Å². The van der Waals surface area contributed by atoms with E-state index >= 15 is 0 Å². The van der Waals surface area contributed by atoms with E-state index < -0.39 is 0 Å². The maximum absolute atomic E-state index is 5.88. The van der Waals surface area contributed by atoms with Gasteiger partial charge in [-0.15, -0.1) is 0 Å². The lowest BCUT2D eigenvalue weighted by atomic mass is 10.1. The highest BCUT2D eigenvalue weighted by Crippen LogP contribution is 2.15. The van der Waals surface area contributed by atoms with E-state index in [-0.39, 0.29) is 6.10 Å². The van der Waals surface area contributed by atoms with E-state index in [1.807, 2.05) is 18.2 Å². The van der Waals surface area contributed by atoms with Crippen LogP contribution in [0.3, 0.4) is 0 Å². The van der Waals surface area contributed by atoms with Gasteiger partial charge in [0.2, 0.25) is 0 Å². The monoisotopic (exact) mass is 349 g/mol. The first-order valence-electron chi connectivity index (χ1n) is 9.43. The quantitative estimate of drug-likeness (QED) is 0.344. The Balaban J connectivity index is 2.19. The summed E-state index contributed by atoms with van der Waals surface area (Å²) < 4.78 is 11.4. The third-order valence-corrected chi connectivity index (χ3v) is 3.62. The Morgan fingerprint density at radius 1 is 1.00 bits per heavy atom. The summed E-state index contributed by atoms with van der Waals surface area (Å²) in [4.78, 5) is 4.59. The molecule has 0 radical (unpaired) electrons. The molecule has 0 fully saturated rings. The zero-order chi connectivity index (χ0) is 18.3. The molecule has 1 unspecified atom stereocenters. The first-order chi connectivity index (χ1) is 12.1. The summed E-state index contributed by atoms with van der Waals surface area (Å²) in [6.45, 7) is 12.2. The van der Waals surface area contributed by atoms with Crippen LogP contribution >= 0.6 is 0 Å². The number of hydrogen-bond acceptors (Lipinski definition) is 3. The topological polar surface area (TPSA) is 54.9 Å². The molecule has 0 saturated heterocycles. The Morgan fingerprint density at radius 2 is 1.72 bits per heavy atom. The minimum absolute atomic E-state index is 0.123. The van der Waals surface area contributed by atoms with Gasteiger partial charge in [-0.3, -0.25) is 4.99 Å². The molecule has 0 saturated carbocycles. The molecule has 0 aliphatic carbocycles. The van der Waals surface area contributed by atoms with Gasteiger partial charge in [0.15, 0.2) is 5.96 Å². The minimum atomic E-state index is 0.123. The van der Waals surface area contributed by atoms with Crippen LogP contribution in [0.15, 0.2) is 35.3 Å². The Bertz CT molecular complexity index is 463. The van der Waals surface area contributed by atoms with Gasteiger partial charge in [0.1, 0.15) is 0 Å².